The van der Waals surface area contributed by atoms with Gasteiger partial charge in [0.25, 0.3) is 0 Å². The van der Waals surface area contributed by atoms with Crippen LogP contribution in [0.2, 0.25) is 5.02 Å². The maximum Gasteiger partial charge on any atom is 0.345 e. The fourth-order valence-corrected chi connectivity index (χ4v) is 2.33. The molecule has 0 aliphatic carbocycles. The van der Waals surface area contributed by atoms with Crippen LogP contribution in [0.15, 0.2) is 42.5 Å². The van der Waals surface area contributed by atoms with Crippen LogP contribution in [0.25, 0.3) is 0 Å². The lowest BCUT2D eigenvalue weighted by Crippen LogP contribution is -2.29. The summed E-state index contributed by atoms with van der Waals surface area (Å²) in [5, 5.41) is 9.89. The molecule has 1 N–H and O–H groups in total. The fraction of sp³-hybridized carbons (Fsp3) is 0.235. The number of halogens is 1. The Morgan fingerprint density at radius 3 is 2.68 bits per heavy atom. The van der Waals surface area contributed by atoms with Crippen molar-refractivity contribution in [3.8, 4) is 11.5 Å². The van der Waals surface area contributed by atoms with Gasteiger partial charge < -0.3 is 14.6 Å². The molecular weight excluding hydrogens is 304 g/mol. The van der Waals surface area contributed by atoms with Crippen molar-refractivity contribution in [1.82, 2.24) is 0 Å². The molecule has 5 heteroatoms. The third-order valence-corrected chi connectivity index (χ3v) is 3.43. The molecule has 2 aromatic carbocycles. The third-order valence-electron chi connectivity index (χ3n) is 3.19. The number of benzene rings is 2. The first-order valence-electron chi connectivity index (χ1n) is 6.78. The van der Waals surface area contributed by atoms with Gasteiger partial charge in [-0.25, -0.2) is 4.79 Å². The summed E-state index contributed by atoms with van der Waals surface area (Å²) < 4.78 is 10.8. The zero-order chi connectivity index (χ0) is 16.1. The Balaban J connectivity index is 2.22. The number of aryl methyl sites for hydroxylation is 1. The van der Waals surface area contributed by atoms with Crippen LogP contribution in [0.5, 0.6) is 11.5 Å². The van der Waals surface area contributed by atoms with E-state index in [2.05, 4.69) is 0 Å². The second-order valence-electron chi connectivity index (χ2n) is 4.92. The van der Waals surface area contributed by atoms with Crippen LogP contribution in [-0.2, 0) is 11.2 Å². The summed E-state index contributed by atoms with van der Waals surface area (Å²) in [6.45, 7) is 1.94. The molecule has 0 heterocycles. The molecule has 4 nitrogen and oxygen atoms in total. The molecule has 0 saturated heterocycles. The van der Waals surface area contributed by atoms with Gasteiger partial charge in [-0.05, 0) is 36.8 Å². The van der Waals surface area contributed by atoms with Gasteiger partial charge in [-0.1, -0.05) is 35.4 Å². The zero-order valence-electron chi connectivity index (χ0n) is 12.4. The number of carboxylic acids is 1. The van der Waals surface area contributed by atoms with Crippen LogP contribution in [-0.4, -0.2) is 24.3 Å². The molecule has 0 bridgehead atoms. The van der Waals surface area contributed by atoms with E-state index >= 15 is 0 Å². The minimum atomic E-state index is -1.04. The van der Waals surface area contributed by atoms with E-state index in [0.29, 0.717) is 16.5 Å². The van der Waals surface area contributed by atoms with Crippen LogP contribution < -0.4 is 9.47 Å². The lowest BCUT2D eigenvalue weighted by atomic mass is 10.0. The number of methoxy groups -OCH3 is 1. The van der Waals surface area contributed by atoms with Crippen molar-refractivity contribution < 1.29 is 19.4 Å². The number of ether oxygens (including phenoxy) is 2. The molecule has 116 valence electrons. The first kappa shape index (κ1) is 16.2. The summed E-state index contributed by atoms with van der Waals surface area (Å²) in [7, 11) is 1.56. The fourth-order valence-electron chi connectivity index (χ4n) is 2.15. The number of aliphatic carboxylic acids is 1. The largest absolute Gasteiger partial charge is 0.496 e. The summed E-state index contributed by atoms with van der Waals surface area (Å²) in [6.07, 6.45) is -0.818. The van der Waals surface area contributed by atoms with E-state index in [-0.39, 0.29) is 6.42 Å². The molecule has 0 aliphatic rings. The second kappa shape index (κ2) is 7.18. The summed E-state index contributed by atoms with van der Waals surface area (Å²) in [5.41, 5.74) is 1.82. The van der Waals surface area contributed by atoms with Gasteiger partial charge in [-0.2, -0.15) is 0 Å². The molecule has 0 saturated carbocycles. The van der Waals surface area contributed by atoms with Crippen molar-refractivity contribution in [2.45, 2.75) is 19.4 Å². The molecule has 0 aromatic heterocycles. The molecule has 0 fully saturated rings. The molecule has 22 heavy (non-hydrogen) atoms. The highest BCUT2D eigenvalue weighted by molar-refractivity contribution is 6.30. The Hall–Kier alpha value is -2.20. The maximum atomic E-state index is 11.5. The van der Waals surface area contributed by atoms with Crippen LogP contribution >= 0.6 is 11.6 Å². The summed E-state index contributed by atoms with van der Waals surface area (Å²) in [4.78, 5) is 11.5. The average Bonchev–Trinajstić information content (AvgIpc) is 2.47. The van der Waals surface area contributed by atoms with E-state index in [0.717, 1.165) is 11.1 Å². The van der Waals surface area contributed by atoms with Gasteiger partial charge in [0.15, 0.2) is 6.10 Å². The standard InChI is InChI=1S/C17H17ClO4/c1-11-6-7-15(21-2)12(8-11)9-16(17(19)20)22-14-5-3-4-13(18)10-14/h3-8,10,16H,9H2,1-2H3,(H,19,20). The van der Waals surface area contributed by atoms with Gasteiger partial charge in [0, 0.05) is 11.4 Å². The minimum Gasteiger partial charge on any atom is -0.496 e. The number of carboxylic acid groups (broad SMARTS) is 1. The molecule has 0 amide bonds. The van der Waals surface area contributed by atoms with Crippen molar-refractivity contribution in [3.63, 3.8) is 0 Å². The molecule has 1 unspecified atom stereocenters. The zero-order valence-corrected chi connectivity index (χ0v) is 13.1. The maximum absolute atomic E-state index is 11.5. The van der Waals surface area contributed by atoms with Crippen LogP contribution in [0.4, 0.5) is 0 Å². The Labute approximate surface area is 134 Å². The van der Waals surface area contributed by atoms with E-state index in [1.165, 1.54) is 0 Å². The van der Waals surface area contributed by atoms with Crippen molar-refractivity contribution >= 4 is 17.6 Å². The van der Waals surface area contributed by atoms with Crippen molar-refractivity contribution in [3.05, 3.63) is 58.6 Å². The minimum absolute atomic E-state index is 0.201. The van der Waals surface area contributed by atoms with Crippen LogP contribution in [0.3, 0.4) is 0 Å². The van der Waals surface area contributed by atoms with E-state index in [9.17, 15) is 9.90 Å². The molecule has 0 spiro atoms. The van der Waals surface area contributed by atoms with Gasteiger partial charge in [-0.15, -0.1) is 0 Å². The predicted octanol–water partition coefficient (Wildman–Crippen LogP) is 3.73. The molecular formula is C17H17ClO4. The molecule has 1 atom stereocenters. The number of rotatable bonds is 6. The molecule has 0 radical (unpaired) electrons. The van der Waals surface area contributed by atoms with E-state index in [1.807, 2.05) is 25.1 Å². The molecule has 0 aliphatic heterocycles. The Morgan fingerprint density at radius 2 is 2.05 bits per heavy atom. The van der Waals surface area contributed by atoms with Gasteiger partial charge in [0.1, 0.15) is 11.5 Å². The quantitative estimate of drug-likeness (QED) is 0.881. The van der Waals surface area contributed by atoms with E-state index in [4.69, 9.17) is 21.1 Å². The summed E-state index contributed by atoms with van der Waals surface area (Å²) in [6, 6.07) is 12.3. The lowest BCUT2D eigenvalue weighted by molar-refractivity contribution is -0.145. The molecule has 2 rings (SSSR count). The van der Waals surface area contributed by atoms with E-state index < -0.39 is 12.1 Å². The first-order chi connectivity index (χ1) is 10.5. The first-order valence-corrected chi connectivity index (χ1v) is 7.16. The van der Waals surface area contributed by atoms with Gasteiger partial charge in [-0.3, -0.25) is 0 Å². The molecule has 2 aromatic rings. The second-order valence-corrected chi connectivity index (χ2v) is 5.36. The third kappa shape index (κ3) is 4.15. The highest BCUT2D eigenvalue weighted by Gasteiger charge is 2.22. The SMILES string of the molecule is COc1ccc(C)cc1CC(Oc1cccc(Cl)c1)C(=O)O. The predicted molar refractivity (Wildman–Crippen MR) is 84.9 cm³/mol. The Morgan fingerprint density at radius 1 is 1.27 bits per heavy atom. The van der Waals surface area contributed by atoms with Gasteiger partial charge in [0.2, 0.25) is 0 Å². The van der Waals surface area contributed by atoms with Crippen LogP contribution in [0.1, 0.15) is 11.1 Å². The summed E-state index contributed by atoms with van der Waals surface area (Å²) in [5.74, 6) is 0.0293. The highest BCUT2D eigenvalue weighted by atomic mass is 35.5. The van der Waals surface area contributed by atoms with Gasteiger partial charge in [0.05, 0.1) is 7.11 Å². The van der Waals surface area contributed by atoms with Crippen molar-refractivity contribution in [2.24, 2.45) is 0 Å². The number of carbonyl (C=O) groups is 1. The number of hydrogen-bond acceptors (Lipinski definition) is 3. The monoisotopic (exact) mass is 320 g/mol. The van der Waals surface area contributed by atoms with Crippen molar-refractivity contribution in [1.29, 1.82) is 0 Å². The normalized spacial score (nSPS) is 11.8. The summed E-state index contributed by atoms with van der Waals surface area (Å²) >= 11 is 5.89. The Kier molecular flexibility index (Phi) is 5.28. The smallest absolute Gasteiger partial charge is 0.345 e. The van der Waals surface area contributed by atoms with Gasteiger partial charge >= 0.3 is 5.97 Å². The van der Waals surface area contributed by atoms with E-state index in [1.54, 1.807) is 31.4 Å². The topological polar surface area (TPSA) is 55.8 Å². The van der Waals surface area contributed by atoms with Crippen molar-refractivity contribution in [2.75, 3.05) is 7.11 Å². The number of hydrogen-bond donors (Lipinski definition) is 1. The average molecular weight is 321 g/mol. The Bertz CT molecular complexity index is 669. The van der Waals surface area contributed by atoms with Crippen LogP contribution in [0, 0.1) is 6.92 Å². The highest BCUT2D eigenvalue weighted by Crippen LogP contribution is 2.24. The lowest BCUT2D eigenvalue weighted by Gasteiger charge is -2.17.